The molecule has 3 heterocycles. The van der Waals surface area contributed by atoms with Crippen LogP contribution in [0.2, 0.25) is 0 Å². The van der Waals surface area contributed by atoms with Gasteiger partial charge in [0.15, 0.2) is 0 Å². The highest BCUT2D eigenvalue weighted by molar-refractivity contribution is 6.19. The minimum atomic E-state index is 1.14. The fourth-order valence-corrected chi connectivity index (χ4v) is 9.53. The molecule has 0 aliphatic rings. The summed E-state index contributed by atoms with van der Waals surface area (Å²) in [6.45, 7) is 0. The Balaban J connectivity index is 1.24. The molecule has 57 heavy (non-hydrogen) atoms. The molecule has 0 radical (unpaired) electrons. The van der Waals surface area contributed by atoms with Crippen LogP contribution in [0.25, 0.3) is 105 Å². The van der Waals surface area contributed by atoms with Gasteiger partial charge in [-0.05, 0) is 53.6 Å². The molecule has 0 saturated heterocycles. The van der Waals surface area contributed by atoms with E-state index < -0.39 is 0 Å². The second-order valence-electron chi connectivity index (χ2n) is 14.9. The SMILES string of the molecule is c1ccc(-c2cccc(-c3ccccc3)c2-n2c3ccccc3c3cccc(-n4c5ccccc5c5c(-n6c7ccccc7c7ccccc76)cccc54)c32)cc1. The summed E-state index contributed by atoms with van der Waals surface area (Å²) in [5, 5.41) is 7.41. The van der Waals surface area contributed by atoms with E-state index in [1.807, 2.05) is 0 Å². The van der Waals surface area contributed by atoms with Gasteiger partial charge >= 0.3 is 0 Å². The molecule has 9 aromatic carbocycles. The summed E-state index contributed by atoms with van der Waals surface area (Å²) in [5.74, 6) is 0. The Hall–Kier alpha value is -7.62. The summed E-state index contributed by atoms with van der Waals surface area (Å²) >= 11 is 0. The van der Waals surface area contributed by atoms with Crippen LogP contribution in [0.15, 0.2) is 212 Å². The number of aromatic nitrogens is 3. The first-order chi connectivity index (χ1) is 28.3. The summed E-state index contributed by atoms with van der Waals surface area (Å²) in [5.41, 5.74) is 15.3. The van der Waals surface area contributed by atoms with Crippen LogP contribution in [-0.2, 0) is 0 Å². The van der Waals surface area contributed by atoms with E-state index in [1.165, 1.54) is 99.0 Å². The van der Waals surface area contributed by atoms with Crippen molar-refractivity contribution in [2.24, 2.45) is 0 Å². The van der Waals surface area contributed by atoms with Crippen molar-refractivity contribution in [2.45, 2.75) is 0 Å². The average molecular weight is 726 g/mol. The Morgan fingerprint density at radius 1 is 0.246 bits per heavy atom. The zero-order chi connectivity index (χ0) is 37.5. The second-order valence-corrected chi connectivity index (χ2v) is 14.9. The molecule has 3 nitrogen and oxygen atoms in total. The highest BCUT2D eigenvalue weighted by Crippen LogP contribution is 2.45. The van der Waals surface area contributed by atoms with Crippen molar-refractivity contribution in [1.82, 2.24) is 13.7 Å². The zero-order valence-electron chi connectivity index (χ0n) is 31.0. The maximum Gasteiger partial charge on any atom is 0.0782 e. The quantitative estimate of drug-likeness (QED) is 0.168. The normalized spacial score (nSPS) is 11.9. The van der Waals surface area contributed by atoms with Crippen molar-refractivity contribution in [1.29, 1.82) is 0 Å². The van der Waals surface area contributed by atoms with E-state index >= 15 is 0 Å². The lowest BCUT2D eigenvalue weighted by atomic mass is 9.95. The highest BCUT2D eigenvalue weighted by atomic mass is 15.1. The molecule has 0 saturated carbocycles. The van der Waals surface area contributed by atoms with Crippen molar-refractivity contribution >= 4 is 65.4 Å². The molecular weight excluding hydrogens is 691 g/mol. The molecule has 3 aromatic heterocycles. The fraction of sp³-hybridized carbons (Fsp3) is 0. The first-order valence-electron chi connectivity index (χ1n) is 19.6. The van der Waals surface area contributed by atoms with E-state index in [0.29, 0.717) is 0 Å². The predicted octanol–water partition coefficient (Wildman–Crippen LogP) is 14.3. The Morgan fingerprint density at radius 2 is 0.632 bits per heavy atom. The number of nitrogens with zero attached hydrogens (tertiary/aromatic N) is 3. The smallest absolute Gasteiger partial charge is 0.0782 e. The lowest BCUT2D eigenvalue weighted by Crippen LogP contribution is -2.04. The van der Waals surface area contributed by atoms with Crippen LogP contribution in [0.5, 0.6) is 0 Å². The number of hydrogen-bond donors (Lipinski definition) is 0. The molecule has 12 rings (SSSR count). The largest absolute Gasteiger partial charge is 0.309 e. The minimum absolute atomic E-state index is 1.14. The van der Waals surface area contributed by atoms with E-state index in [0.717, 1.165) is 5.69 Å². The number of rotatable bonds is 5. The topological polar surface area (TPSA) is 14.8 Å². The number of hydrogen-bond acceptors (Lipinski definition) is 0. The van der Waals surface area contributed by atoms with E-state index in [1.54, 1.807) is 0 Å². The Labute approximate surface area is 329 Å². The van der Waals surface area contributed by atoms with Crippen molar-refractivity contribution in [3.8, 4) is 39.3 Å². The van der Waals surface area contributed by atoms with Crippen LogP contribution >= 0.6 is 0 Å². The number of fused-ring (bicyclic) bond motifs is 9. The van der Waals surface area contributed by atoms with Gasteiger partial charge in [0, 0.05) is 43.4 Å². The lowest BCUT2D eigenvalue weighted by molar-refractivity contribution is 1.13. The van der Waals surface area contributed by atoms with Crippen LogP contribution in [0.3, 0.4) is 0 Å². The molecular formula is C54H35N3. The molecule has 0 fully saturated rings. The molecule has 12 aromatic rings. The monoisotopic (exact) mass is 725 g/mol. The average Bonchev–Trinajstić information content (AvgIpc) is 3.93. The van der Waals surface area contributed by atoms with Gasteiger partial charge in [0.05, 0.1) is 50.2 Å². The van der Waals surface area contributed by atoms with Gasteiger partial charge in [-0.1, -0.05) is 170 Å². The van der Waals surface area contributed by atoms with Crippen molar-refractivity contribution < 1.29 is 0 Å². The summed E-state index contributed by atoms with van der Waals surface area (Å²) < 4.78 is 7.51. The van der Waals surface area contributed by atoms with E-state index in [9.17, 15) is 0 Å². The van der Waals surface area contributed by atoms with Gasteiger partial charge in [0.2, 0.25) is 0 Å². The van der Waals surface area contributed by atoms with Gasteiger partial charge in [0.1, 0.15) is 0 Å². The molecule has 0 aliphatic heterocycles. The molecule has 0 spiro atoms. The summed E-state index contributed by atoms with van der Waals surface area (Å²) in [6, 6.07) is 77.4. The third kappa shape index (κ3) is 4.60. The van der Waals surface area contributed by atoms with E-state index in [4.69, 9.17) is 0 Å². The maximum absolute atomic E-state index is 2.54. The Morgan fingerprint density at radius 3 is 1.23 bits per heavy atom. The molecule has 0 aliphatic carbocycles. The van der Waals surface area contributed by atoms with Gasteiger partial charge in [-0.2, -0.15) is 0 Å². The third-order valence-electron chi connectivity index (χ3n) is 11.8. The molecule has 266 valence electrons. The lowest BCUT2D eigenvalue weighted by Gasteiger charge is -2.21. The van der Waals surface area contributed by atoms with Crippen molar-refractivity contribution in [2.75, 3.05) is 0 Å². The molecule has 0 bridgehead atoms. The van der Waals surface area contributed by atoms with Crippen LogP contribution in [0.1, 0.15) is 0 Å². The Bertz CT molecular complexity index is 3400. The summed E-state index contributed by atoms with van der Waals surface area (Å²) in [4.78, 5) is 0. The second kappa shape index (κ2) is 12.5. The van der Waals surface area contributed by atoms with Crippen LogP contribution in [0.4, 0.5) is 0 Å². The summed E-state index contributed by atoms with van der Waals surface area (Å²) in [7, 11) is 0. The van der Waals surface area contributed by atoms with Crippen LogP contribution in [0, 0.1) is 0 Å². The van der Waals surface area contributed by atoms with Crippen LogP contribution in [-0.4, -0.2) is 13.7 Å². The molecule has 0 atom stereocenters. The highest BCUT2D eigenvalue weighted by Gasteiger charge is 2.25. The number of benzene rings is 9. The minimum Gasteiger partial charge on any atom is -0.309 e. The van der Waals surface area contributed by atoms with E-state index in [2.05, 4.69) is 226 Å². The van der Waals surface area contributed by atoms with E-state index in [-0.39, 0.29) is 0 Å². The van der Waals surface area contributed by atoms with Gasteiger partial charge in [-0.25, -0.2) is 0 Å². The van der Waals surface area contributed by atoms with Gasteiger partial charge in [0.25, 0.3) is 0 Å². The molecule has 3 heteroatoms. The first kappa shape index (κ1) is 31.7. The molecule has 0 amide bonds. The van der Waals surface area contributed by atoms with Gasteiger partial charge in [-0.3, -0.25) is 0 Å². The number of para-hydroxylation sites is 6. The zero-order valence-corrected chi connectivity index (χ0v) is 31.0. The first-order valence-corrected chi connectivity index (χ1v) is 19.6. The fourth-order valence-electron chi connectivity index (χ4n) is 9.53. The van der Waals surface area contributed by atoms with Crippen LogP contribution < -0.4 is 0 Å². The predicted molar refractivity (Wildman–Crippen MR) is 240 cm³/mol. The van der Waals surface area contributed by atoms with Gasteiger partial charge in [-0.15, -0.1) is 0 Å². The van der Waals surface area contributed by atoms with Crippen molar-refractivity contribution in [3.63, 3.8) is 0 Å². The molecule has 0 N–H and O–H groups in total. The molecule has 0 unspecified atom stereocenters. The maximum atomic E-state index is 2.54. The standard InChI is InChI=1S/C54H35N3/c1-3-18-36(19-4-1)38-26-15-27-39(37-20-5-2-6-21-37)53(38)57-47-31-13-9-24-42(47)43-28-16-35-51(54(43)57)56-48-32-14-10-25-44(48)52-49(33-17-34-50(52)56)55-45-29-11-7-22-40(45)41-23-8-12-30-46(41)55/h1-35H. The Kier molecular flexibility index (Phi) is 6.93. The van der Waals surface area contributed by atoms with Gasteiger partial charge < -0.3 is 13.7 Å². The third-order valence-corrected chi connectivity index (χ3v) is 11.8. The summed E-state index contributed by atoms with van der Waals surface area (Å²) in [6.07, 6.45) is 0. The van der Waals surface area contributed by atoms with Crippen molar-refractivity contribution in [3.05, 3.63) is 212 Å².